The van der Waals surface area contributed by atoms with Crippen LogP contribution in [0.15, 0.2) is 0 Å². The van der Waals surface area contributed by atoms with Gasteiger partial charge >= 0.3 is 8.56 Å². The Balaban J connectivity index is -0.0000000605. The van der Waals surface area contributed by atoms with Crippen molar-refractivity contribution in [1.29, 1.82) is 0 Å². The molecule has 0 N–H and O–H groups in total. The molecule has 0 aliphatic heterocycles. The lowest BCUT2D eigenvalue weighted by Gasteiger charge is -2.31. The van der Waals surface area contributed by atoms with Crippen LogP contribution in [0, 0.1) is 0 Å². The van der Waals surface area contributed by atoms with E-state index in [0.29, 0.717) is 0 Å². The van der Waals surface area contributed by atoms with Gasteiger partial charge in [0.25, 0.3) is 0 Å². The van der Waals surface area contributed by atoms with Crippen molar-refractivity contribution in [3.05, 3.63) is 0 Å². The molecule has 0 aliphatic carbocycles. The van der Waals surface area contributed by atoms with Crippen molar-refractivity contribution in [3.63, 3.8) is 0 Å². The van der Waals surface area contributed by atoms with Gasteiger partial charge in [0, 0.05) is 12.5 Å². The largest absolute Gasteiger partial charge is 0.435 e. The predicted molar refractivity (Wildman–Crippen MR) is 95.1 cm³/mol. The Morgan fingerprint density at radius 3 is 1.47 bits per heavy atom. The fourth-order valence-electron chi connectivity index (χ4n) is 1.08. The van der Waals surface area contributed by atoms with Crippen LogP contribution in [-0.4, -0.2) is 35.6 Å². The van der Waals surface area contributed by atoms with E-state index in [9.17, 15) is 0 Å². The van der Waals surface area contributed by atoms with Gasteiger partial charge in [-0.1, -0.05) is 37.1 Å². The fraction of sp³-hybridized carbons (Fsp3) is 1.00. The lowest BCUT2D eigenvalue weighted by atomic mass is 11.8. The van der Waals surface area contributed by atoms with E-state index in [4.69, 9.17) is 8.54 Å². The zero-order valence-corrected chi connectivity index (χ0v) is 11.7. The third kappa shape index (κ3) is 19.2. The zero-order chi connectivity index (χ0) is 9.83. The Bertz CT molecular complexity index is 142. The molecule has 0 amide bonds. The van der Waals surface area contributed by atoms with Crippen molar-refractivity contribution in [1.82, 2.24) is 0 Å². The second-order valence-electron chi connectivity index (χ2n) is 3.90. The Morgan fingerprint density at radius 2 is 1.24 bits per heavy atom. The molecule has 0 atom stereocenters. The van der Waals surface area contributed by atoms with Crippen LogP contribution < -0.4 is 0 Å². The van der Waals surface area contributed by atoms with Crippen molar-refractivity contribution in [3.8, 4) is 0 Å². The minimum atomic E-state index is -1.80. The first-order chi connectivity index (χ1) is 5.33. The maximum Gasteiger partial charge on any atom is 0.321 e. The summed E-state index contributed by atoms with van der Waals surface area (Å²) in [6.07, 6.45) is 2.12. The van der Waals surface area contributed by atoms with Gasteiger partial charge in [-0.25, -0.2) is 0 Å². The van der Waals surface area contributed by atoms with Gasteiger partial charge in [0.2, 0.25) is 0 Å². The topological polar surface area (TPSA) is 18.5 Å². The van der Waals surface area contributed by atoms with Crippen LogP contribution >= 0.6 is 11.8 Å². The molecule has 0 aromatic carbocycles. The van der Waals surface area contributed by atoms with Gasteiger partial charge in [-0.05, 0) is 32.4 Å². The van der Waals surface area contributed by atoms with Gasteiger partial charge in [-0.15, -0.1) is 0 Å². The molecule has 0 aromatic heterocycles. The maximum atomic E-state index is 6.05. The first-order valence-corrected chi connectivity index (χ1v) is 11.4. The van der Waals surface area contributed by atoms with Crippen LogP contribution in [0.1, 0.15) is 37.1 Å². The molecule has 0 rings (SSSR count). The van der Waals surface area contributed by atoms with E-state index < -0.39 is 16.9 Å². The van der Waals surface area contributed by atoms with Crippen molar-refractivity contribution in [2.45, 2.75) is 63.3 Å². The smallest absolute Gasteiger partial charge is 0.321 e. The Labute approximate surface area is 119 Å². The van der Waals surface area contributed by atoms with E-state index >= 15 is 0 Å². The summed E-state index contributed by atoms with van der Waals surface area (Å²) in [5, 5.41) is 1.15. The van der Waals surface area contributed by atoms with Crippen LogP contribution in [0.25, 0.3) is 0 Å². The molecule has 0 fully saturated rings. The SMILES string of the molecule is C.C.C.C.C.CO[Si](C)(C)O[Si](C)(C)CSC. The van der Waals surface area contributed by atoms with Crippen LogP contribution in [0.4, 0.5) is 0 Å². The molecule has 0 aromatic rings. The first kappa shape index (κ1) is 36.1. The van der Waals surface area contributed by atoms with Gasteiger partial charge < -0.3 is 8.54 Å². The molecule has 0 saturated carbocycles. The van der Waals surface area contributed by atoms with Gasteiger partial charge in [0.05, 0.1) is 0 Å². The molecule has 0 bridgehead atoms. The summed E-state index contributed by atoms with van der Waals surface area (Å²) in [5.74, 6) is 0. The van der Waals surface area contributed by atoms with Crippen molar-refractivity contribution in [2.24, 2.45) is 0 Å². The predicted octanol–water partition coefficient (Wildman–Crippen LogP) is 5.64. The highest BCUT2D eigenvalue weighted by molar-refractivity contribution is 8.00. The molecule has 0 unspecified atom stereocenters. The summed E-state index contributed by atoms with van der Waals surface area (Å²) in [5.41, 5.74) is 0. The molecule has 0 heterocycles. The van der Waals surface area contributed by atoms with Crippen molar-refractivity contribution in [2.75, 3.05) is 18.7 Å². The van der Waals surface area contributed by atoms with Crippen LogP contribution in [0.5, 0.6) is 0 Å². The van der Waals surface area contributed by atoms with E-state index in [2.05, 4.69) is 32.4 Å². The molecule has 17 heavy (non-hydrogen) atoms. The Hall–Kier alpha value is 0.704. The highest BCUT2D eigenvalue weighted by Crippen LogP contribution is 2.17. The Morgan fingerprint density at radius 1 is 0.882 bits per heavy atom. The van der Waals surface area contributed by atoms with Crippen molar-refractivity contribution >= 4 is 28.6 Å². The molecule has 0 radical (unpaired) electrons. The van der Waals surface area contributed by atoms with Crippen LogP contribution in [0.2, 0.25) is 26.2 Å². The van der Waals surface area contributed by atoms with Crippen LogP contribution in [-0.2, 0) is 8.54 Å². The molecule has 0 spiro atoms. The molecule has 2 nitrogen and oxygen atoms in total. The minimum Gasteiger partial charge on any atom is -0.435 e. The standard InChI is InChI=1S/C7H20O2SSi2.5CH4/c1-8-12(5,6)9-11(3,4)7-10-2;;;;;/h7H2,1-6H3;5*1H4. The van der Waals surface area contributed by atoms with Crippen LogP contribution in [0.3, 0.4) is 0 Å². The van der Waals surface area contributed by atoms with E-state index in [-0.39, 0.29) is 37.1 Å². The summed E-state index contributed by atoms with van der Waals surface area (Å²) >= 11 is 1.86. The summed E-state index contributed by atoms with van der Waals surface area (Å²) in [4.78, 5) is 0. The normalized spacial score (nSPS) is 9.53. The molecular weight excluding hydrogens is 264 g/mol. The fourth-order valence-corrected chi connectivity index (χ4v) is 10.3. The molecule has 114 valence electrons. The third-order valence-electron chi connectivity index (χ3n) is 1.51. The van der Waals surface area contributed by atoms with E-state index in [1.807, 2.05) is 11.8 Å². The summed E-state index contributed by atoms with van der Waals surface area (Å²) in [6, 6.07) is 0. The second kappa shape index (κ2) is 14.8. The second-order valence-corrected chi connectivity index (χ2v) is 13.2. The van der Waals surface area contributed by atoms with Gasteiger partial charge in [0.1, 0.15) is 0 Å². The average molecular weight is 305 g/mol. The van der Waals surface area contributed by atoms with E-state index in [0.717, 1.165) is 5.38 Å². The number of rotatable bonds is 5. The highest BCUT2D eigenvalue weighted by atomic mass is 32.2. The Kier molecular flexibility index (Phi) is 31.3. The maximum absolute atomic E-state index is 6.05. The highest BCUT2D eigenvalue weighted by Gasteiger charge is 2.33. The summed E-state index contributed by atoms with van der Waals surface area (Å²) in [6.45, 7) is 8.69. The van der Waals surface area contributed by atoms with E-state index in [1.165, 1.54) is 0 Å². The summed E-state index contributed by atoms with van der Waals surface area (Å²) in [7, 11) is -1.52. The van der Waals surface area contributed by atoms with Gasteiger partial charge in [-0.2, -0.15) is 11.8 Å². The van der Waals surface area contributed by atoms with Gasteiger partial charge in [0.15, 0.2) is 8.32 Å². The molecular formula is C12H40O2SSi2. The molecule has 0 saturated heterocycles. The zero-order valence-electron chi connectivity index (χ0n) is 8.93. The molecule has 5 heteroatoms. The number of hydrogen-bond donors (Lipinski definition) is 0. The average Bonchev–Trinajstić information content (AvgIpc) is 1.85. The number of thioether (sulfide) groups is 1. The minimum absolute atomic E-state index is 0. The lowest BCUT2D eigenvalue weighted by Crippen LogP contribution is -2.47. The number of hydrogen-bond acceptors (Lipinski definition) is 3. The van der Waals surface area contributed by atoms with Gasteiger partial charge in [-0.3, -0.25) is 0 Å². The third-order valence-corrected chi connectivity index (χ3v) is 10.6. The monoisotopic (exact) mass is 304 g/mol. The first-order valence-electron chi connectivity index (χ1n) is 4.07. The quantitative estimate of drug-likeness (QED) is 0.612. The van der Waals surface area contributed by atoms with E-state index in [1.54, 1.807) is 7.11 Å². The lowest BCUT2D eigenvalue weighted by molar-refractivity contribution is 0.311. The summed E-state index contributed by atoms with van der Waals surface area (Å²) < 4.78 is 11.4. The van der Waals surface area contributed by atoms with Crippen molar-refractivity contribution < 1.29 is 8.54 Å². The molecule has 0 aliphatic rings.